The maximum atomic E-state index is 13.8. The van der Waals surface area contributed by atoms with Gasteiger partial charge in [0.15, 0.2) is 5.78 Å². The van der Waals surface area contributed by atoms with E-state index in [4.69, 9.17) is 4.74 Å². The van der Waals surface area contributed by atoms with E-state index in [1.54, 1.807) is 12.1 Å². The van der Waals surface area contributed by atoms with Crippen molar-refractivity contribution in [2.75, 3.05) is 6.54 Å². The van der Waals surface area contributed by atoms with Gasteiger partial charge in [0.1, 0.15) is 11.4 Å². The second kappa shape index (κ2) is 18.8. The number of nitrogens with zero attached hydrogens (tertiary/aromatic N) is 2. The Morgan fingerprint density at radius 1 is 1.04 bits per heavy atom. The Morgan fingerprint density at radius 2 is 1.82 bits per heavy atom. The van der Waals surface area contributed by atoms with E-state index in [1.807, 2.05) is 37.8 Å². The summed E-state index contributed by atoms with van der Waals surface area (Å²) in [6, 6.07) is 9.29. The second-order valence-electron chi connectivity index (χ2n) is 15.0. The van der Waals surface area contributed by atoms with Gasteiger partial charge in [-0.05, 0) is 131 Å². The number of halogens is 1. The highest BCUT2D eigenvalue weighted by atomic mass is 19.1. The van der Waals surface area contributed by atoms with Crippen LogP contribution < -0.4 is 0 Å². The van der Waals surface area contributed by atoms with Crippen LogP contribution in [0.4, 0.5) is 4.39 Å². The van der Waals surface area contributed by atoms with Crippen LogP contribution in [0.2, 0.25) is 0 Å². The number of aryl methyl sites for hydroxylation is 1. The Morgan fingerprint density at radius 3 is 2.54 bits per heavy atom. The van der Waals surface area contributed by atoms with Crippen LogP contribution >= 0.6 is 0 Å². The van der Waals surface area contributed by atoms with E-state index in [0.29, 0.717) is 49.3 Å². The Balaban J connectivity index is 1.31. The molecule has 0 spiro atoms. The summed E-state index contributed by atoms with van der Waals surface area (Å²) in [5, 5.41) is 10.2. The van der Waals surface area contributed by atoms with Crippen molar-refractivity contribution >= 4 is 17.7 Å². The lowest BCUT2D eigenvalue weighted by atomic mass is 9.92. The largest absolute Gasteiger partial charge is 0.460 e. The van der Waals surface area contributed by atoms with E-state index in [1.165, 1.54) is 6.07 Å². The standard InChI is InChI=1S/C43H55FN2O4/c1-31-20-21-34(27-31)38-24-22-33(15-8-7-13-32-14-12-16-36(44)28-32)39(29-35(38)30-45)40(47)18-10-9-17-37-23-25-41(48)46(37)26-11-5-6-19-42(49)50-43(2,3)4/h12,14,16,20-22,27-29,31,37H,5-11,13,15,17-19,23-26H2,1-4H3. The Labute approximate surface area is 298 Å². The Bertz CT molecular complexity index is 1580. The summed E-state index contributed by atoms with van der Waals surface area (Å²) >= 11 is 0. The van der Waals surface area contributed by atoms with Crippen molar-refractivity contribution in [1.82, 2.24) is 4.90 Å². The minimum atomic E-state index is -0.473. The number of ketones is 1. The summed E-state index contributed by atoms with van der Waals surface area (Å²) in [6.07, 6.45) is 21.3. The monoisotopic (exact) mass is 682 g/mol. The van der Waals surface area contributed by atoms with Crippen LogP contribution in [-0.4, -0.2) is 40.7 Å². The van der Waals surface area contributed by atoms with E-state index >= 15 is 0 Å². The van der Waals surface area contributed by atoms with Gasteiger partial charge in [-0.1, -0.05) is 56.2 Å². The van der Waals surface area contributed by atoms with E-state index in [0.717, 1.165) is 92.9 Å². The lowest BCUT2D eigenvalue weighted by molar-refractivity contribution is -0.155. The first-order valence-corrected chi connectivity index (χ1v) is 18.7. The van der Waals surface area contributed by atoms with E-state index in [-0.39, 0.29) is 29.5 Å². The first-order chi connectivity index (χ1) is 23.9. The van der Waals surface area contributed by atoms with Crippen molar-refractivity contribution in [2.45, 2.75) is 136 Å². The lowest BCUT2D eigenvalue weighted by Crippen LogP contribution is -2.33. The summed E-state index contributed by atoms with van der Waals surface area (Å²) in [6.45, 7) is 8.43. The van der Waals surface area contributed by atoms with Crippen molar-refractivity contribution in [3.05, 3.63) is 93.9 Å². The summed E-state index contributed by atoms with van der Waals surface area (Å²) in [5.41, 5.74) is 4.70. The van der Waals surface area contributed by atoms with Gasteiger partial charge in [-0.2, -0.15) is 5.26 Å². The quantitative estimate of drug-likeness (QED) is 0.114. The van der Waals surface area contributed by atoms with Gasteiger partial charge in [0.05, 0.1) is 11.6 Å². The third-order valence-corrected chi connectivity index (χ3v) is 9.70. The van der Waals surface area contributed by atoms with Crippen molar-refractivity contribution in [1.29, 1.82) is 5.26 Å². The molecule has 1 aromatic rings. The van der Waals surface area contributed by atoms with Crippen molar-refractivity contribution < 1.29 is 23.5 Å². The highest BCUT2D eigenvalue weighted by molar-refractivity contribution is 6.00. The van der Waals surface area contributed by atoms with Crippen LogP contribution in [-0.2, 0) is 25.5 Å². The third-order valence-electron chi connectivity index (χ3n) is 9.70. The second-order valence-corrected chi connectivity index (χ2v) is 15.0. The van der Waals surface area contributed by atoms with Gasteiger partial charge < -0.3 is 9.64 Å². The number of ether oxygens (including phenoxy) is 1. The van der Waals surface area contributed by atoms with E-state index < -0.39 is 5.60 Å². The summed E-state index contributed by atoms with van der Waals surface area (Å²) in [7, 11) is 0. The van der Waals surface area contributed by atoms with Gasteiger partial charge >= 0.3 is 5.97 Å². The highest BCUT2D eigenvalue weighted by Crippen LogP contribution is 2.34. The van der Waals surface area contributed by atoms with Crippen LogP contribution in [0.15, 0.2) is 82.5 Å². The van der Waals surface area contributed by atoms with Crippen LogP contribution in [0, 0.1) is 23.1 Å². The molecule has 1 amide bonds. The molecule has 2 unspecified atom stereocenters. The number of esters is 1. The van der Waals surface area contributed by atoms with E-state index in [9.17, 15) is 24.0 Å². The highest BCUT2D eigenvalue weighted by Gasteiger charge is 2.30. The molecule has 3 aliphatic rings. The number of Topliss-reactive ketones (excluding diaryl/α,β-unsaturated/α-hetero) is 1. The fourth-order valence-electron chi connectivity index (χ4n) is 7.15. The number of rotatable bonds is 18. The maximum absolute atomic E-state index is 13.8. The van der Waals surface area contributed by atoms with Gasteiger partial charge in [0.2, 0.25) is 5.91 Å². The molecule has 1 aromatic carbocycles. The number of benzene rings is 1. The number of carbonyl (C=O) groups excluding carboxylic acids is 3. The van der Waals surface area contributed by atoms with Gasteiger partial charge in [0.25, 0.3) is 0 Å². The zero-order valence-corrected chi connectivity index (χ0v) is 30.6. The molecule has 0 bridgehead atoms. The smallest absolute Gasteiger partial charge is 0.306 e. The maximum Gasteiger partial charge on any atom is 0.306 e. The Hall–Kier alpha value is -4.05. The molecular formula is C43H55FN2O4. The van der Waals surface area contributed by atoms with Crippen molar-refractivity contribution in [3.8, 4) is 6.07 Å². The molecular weight excluding hydrogens is 627 g/mol. The fourth-order valence-corrected chi connectivity index (χ4v) is 7.15. The van der Waals surface area contributed by atoms with Crippen LogP contribution in [0.3, 0.4) is 0 Å². The Kier molecular flexibility index (Phi) is 14.6. The van der Waals surface area contributed by atoms with Crippen LogP contribution in [0.5, 0.6) is 0 Å². The zero-order chi connectivity index (χ0) is 36.1. The van der Waals surface area contributed by atoms with Gasteiger partial charge in [0, 0.05) is 37.4 Å². The number of allylic oxidation sites excluding steroid dienone is 10. The number of nitriles is 1. The molecule has 6 nitrogen and oxygen atoms in total. The molecule has 1 fully saturated rings. The molecule has 50 heavy (non-hydrogen) atoms. The number of amides is 1. The summed E-state index contributed by atoms with van der Waals surface area (Å²) in [5.74, 6) is 0.165. The predicted molar refractivity (Wildman–Crippen MR) is 196 cm³/mol. The molecule has 1 saturated heterocycles. The lowest BCUT2D eigenvalue weighted by Gasteiger charge is -2.25. The molecule has 0 radical (unpaired) electrons. The first-order valence-electron chi connectivity index (χ1n) is 18.7. The minimum absolute atomic E-state index is 0.0593. The normalized spacial score (nSPS) is 19.2. The molecule has 4 rings (SSSR count). The average molecular weight is 683 g/mol. The molecule has 0 saturated carbocycles. The number of unbranched alkanes of at least 4 members (excludes halogenated alkanes) is 4. The molecule has 1 aliphatic heterocycles. The third kappa shape index (κ3) is 12.1. The first kappa shape index (κ1) is 38.7. The average Bonchev–Trinajstić information content (AvgIpc) is 3.59. The molecule has 0 N–H and O–H groups in total. The predicted octanol–water partition coefficient (Wildman–Crippen LogP) is 9.77. The molecule has 7 heteroatoms. The number of likely N-dealkylation sites (tertiary alicyclic amines) is 1. The van der Waals surface area contributed by atoms with Crippen LogP contribution in [0.1, 0.15) is 123 Å². The van der Waals surface area contributed by atoms with E-state index in [2.05, 4.69) is 37.3 Å². The summed E-state index contributed by atoms with van der Waals surface area (Å²) < 4.78 is 19.1. The molecule has 2 atom stereocenters. The van der Waals surface area contributed by atoms with Gasteiger partial charge in [-0.25, -0.2) is 4.39 Å². The number of hydrogen-bond donors (Lipinski definition) is 0. The zero-order valence-electron chi connectivity index (χ0n) is 30.6. The van der Waals surface area contributed by atoms with Crippen molar-refractivity contribution in [3.63, 3.8) is 0 Å². The van der Waals surface area contributed by atoms with Crippen molar-refractivity contribution in [2.24, 2.45) is 5.92 Å². The molecule has 1 heterocycles. The molecule has 268 valence electrons. The fraction of sp³-hybridized carbons (Fsp3) is 0.535. The van der Waals surface area contributed by atoms with Crippen LogP contribution in [0.25, 0.3) is 0 Å². The summed E-state index contributed by atoms with van der Waals surface area (Å²) in [4.78, 5) is 40.5. The van der Waals surface area contributed by atoms with Gasteiger partial charge in [-0.3, -0.25) is 14.4 Å². The number of hydrogen-bond acceptors (Lipinski definition) is 5. The molecule has 2 aliphatic carbocycles. The SMILES string of the molecule is CC1C=CC(C2=C(C#N)C=C(C(=O)CCCCC3CCC(=O)N3CCCCCC(=O)OC(C)(C)C)C(CCCCc3cccc(F)c3)=CC2)=C1. The topological polar surface area (TPSA) is 87.5 Å². The number of carbonyl (C=O) groups is 3. The molecule has 0 aromatic heterocycles. The van der Waals surface area contributed by atoms with Gasteiger partial charge in [-0.15, -0.1) is 0 Å². The minimum Gasteiger partial charge on any atom is -0.460 e.